The van der Waals surface area contributed by atoms with Crippen LogP contribution in [0.5, 0.6) is 0 Å². The highest BCUT2D eigenvalue weighted by molar-refractivity contribution is 6.31. The molecule has 0 spiro atoms. The Labute approximate surface area is 171 Å². The number of carbonyl (C=O) groups is 2. The topological polar surface area (TPSA) is 83.1 Å². The summed E-state index contributed by atoms with van der Waals surface area (Å²) in [6.45, 7) is -0.0105. The van der Waals surface area contributed by atoms with Gasteiger partial charge in [-0.15, -0.1) is 0 Å². The first-order valence-corrected chi connectivity index (χ1v) is 8.85. The fourth-order valence-electron chi connectivity index (χ4n) is 2.69. The monoisotopic (exact) mass is 450 g/mol. The molecule has 2 heterocycles. The third-order valence-electron chi connectivity index (χ3n) is 4.08. The Hall–Kier alpha value is -2.59. The molecule has 0 saturated carbocycles. The van der Waals surface area contributed by atoms with Crippen molar-refractivity contribution in [1.29, 1.82) is 0 Å². The molecule has 0 aliphatic carbocycles. The van der Waals surface area contributed by atoms with Crippen molar-refractivity contribution in [2.75, 3.05) is 6.54 Å². The summed E-state index contributed by atoms with van der Waals surface area (Å²) in [6, 6.07) is 2.90. The first kappa shape index (κ1) is 21.1. The van der Waals surface area contributed by atoms with E-state index >= 15 is 0 Å². The molecule has 154 valence electrons. The lowest BCUT2D eigenvalue weighted by Crippen LogP contribution is -2.44. The Balaban J connectivity index is 2.02. The third-order valence-corrected chi connectivity index (χ3v) is 4.68. The summed E-state index contributed by atoms with van der Waals surface area (Å²) in [5.41, 5.74) is -1.35. The lowest BCUT2D eigenvalue weighted by molar-refractivity contribution is -0.141. The summed E-state index contributed by atoms with van der Waals surface area (Å²) < 4.78 is 53.1. The molecule has 1 aliphatic heterocycles. The SMILES string of the molecule is O=C1NCC(C(=O)NC(c2ccc(F)c(Cl)c2)c2ccc(Cl)c(C(F)(F)F)n2)N1. The molecule has 1 saturated heterocycles. The maximum absolute atomic E-state index is 13.5. The zero-order valence-corrected chi connectivity index (χ0v) is 15.8. The highest BCUT2D eigenvalue weighted by atomic mass is 35.5. The molecular weight excluding hydrogens is 439 g/mol. The second-order valence-electron chi connectivity index (χ2n) is 6.09. The molecule has 3 rings (SSSR count). The van der Waals surface area contributed by atoms with Crippen molar-refractivity contribution in [3.63, 3.8) is 0 Å². The quantitative estimate of drug-likeness (QED) is 0.624. The number of rotatable bonds is 4. The molecule has 3 N–H and O–H groups in total. The number of benzene rings is 1. The van der Waals surface area contributed by atoms with Gasteiger partial charge in [0.2, 0.25) is 5.91 Å². The number of carbonyl (C=O) groups excluding carboxylic acids is 2. The first-order valence-electron chi connectivity index (χ1n) is 8.09. The van der Waals surface area contributed by atoms with Crippen molar-refractivity contribution < 1.29 is 27.2 Å². The average Bonchev–Trinajstić information content (AvgIpc) is 3.08. The molecule has 3 amide bonds. The van der Waals surface area contributed by atoms with Crippen LogP contribution in [0.3, 0.4) is 0 Å². The van der Waals surface area contributed by atoms with Crippen LogP contribution in [0.15, 0.2) is 30.3 Å². The lowest BCUT2D eigenvalue weighted by Gasteiger charge is -2.22. The normalized spacial score (nSPS) is 17.4. The highest BCUT2D eigenvalue weighted by Gasteiger charge is 2.37. The molecule has 0 radical (unpaired) electrons. The molecule has 2 aromatic rings. The Morgan fingerprint density at radius 2 is 1.93 bits per heavy atom. The number of alkyl halides is 3. The van der Waals surface area contributed by atoms with Crippen LogP contribution in [0.4, 0.5) is 22.4 Å². The predicted molar refractivity (Wildman–Crippen MR) is 96.0 cm³/mol. The molecule has 2 atom stereocenters. The lowest BCUT2D eigenvalue weighted by atomic mass is 10.0. The van der Waals surface area contributed by atoms with E-state index in [9.17, 15) is 27.2 Å². The Kier molecular flexibility index (Phi) is 5.85. The van der Waals surface area contributed by atoms with Crippen LogP contribution < -0.4 is 16.0 Å². The first-order chi connectivity index (χ1) is 13.6. The van der Waals surface area contributed by atoms with Crippen molar-refractivity contribution >= 4 is 35.1 Å². The minimum atomic E-state index is -4.83. The van der Waals surface area contributed by atoms with Crippen LogP contribution in [0.2, 0.25) is 10.0 Å². The Morgan fingerprint density at radius 3 is 2.52 bits per heavy atom. The Morgan fingerprint density at radius 1 is 1.21 bits per heavy atom. The smallest absolute Gasteiger partial charge is 0.342 e. The summed E-state index contributed by atoms with van der Waals surface area (Å²) in [4.78, 5) is 27.3. The summed E-state index contributed by atoms with van der Waals surface area (Å²) in [6.07, 6.45) is -4.83. The standard InChI is InChI=1S/C17H12Cl2F4N4O2/c18-8-2-4-11(25-14(8)17(21,22)23)13(7-1-3-10(20)9(19)5-7)27-15(28)12-6-24-16(29)26-12/h1-5,12-13H,6H2,(H,27,28)(H2,24,26,29). The Bertz CT molecular complexity index is 971. The van der Waals surface area contributed by atoms with Gasteiger partial charge in [-0.25, -0.2) is 14.2 Å². The van der Waals surface area contributed by atoms with E-state index < -0.39 is 46.7 Å². The fraction of sp³-hybridized carbons (Fsp3) is 0.235. The largest absolute Gasteiger partial charge is 0.434 e. The van der Waals surface area contributed by atoms with E-state index in [0.717, 1.165) is 18.2 Å². The van der Waals surface area contributed by atoms with Crippen LogP contribution in [-0.4, -0.2) is 29.5 Å². The molecule has 1 aromatic heterocycles. The molecule has 1 aliphatic rings. The predicted octanol–water partition coefficient (Wildman–Crippen LogP) is 3.43. The van der Waals surface area contributed by atoms with Crippen LogP contribution in [0.25, 0.3) is 0 Å². The summed E-state index contributed by atoms with van der Waals surface area (Å²) >= 11 is 11.4. The molecule has 0 bridgehead atoms. The molecule has 6 nitrogen and oxygen atoms in total. The zero-order chi connectivity index (χ0) is 21.3. The fourth-order valence-corrected chi connectivity index (χ4v) is 3.09. The molecule has 29 heavy (non-hydrogen) atoms. The van der Waals surface area contributed by atoms with Gasteiger partial charge in [0, 0.05) is 6.54 Å². The van der Waals surface area contributed by atoms with Crippen molar-refractivity contribution in [3.05, 3.63) is 63.1 Å². The van der Waals surface area contributed by atoms with Gasteiger partial charge in [0.25, 0.3) is 0 Å². The van der Waals surface area contributed by atoms with Gasteiger partial charge in [-0.05, 0) is 29.8 Å². The number of hydrogen-bond donors (Lipinski definition) is 3. The minimum Gasteiger partial charge on any atom is -0.342 e. The summed E-state index contributed by atoms with van der Waals surface area (Å²) in [7, 11) is 0. The zero-order valence-electron chi connectivity index (χ0n) is 14.3. The van der Waals surface area contributed by atoms with E-state index in [2.05, 4.69) is 20.9 Å². The van der Waals surface area contributed by atoms with E-state index in [0.29, 0.717) is 0 Å². The second-order valence-corrected chi connectivity index (χ2v) is 6.90. The minimum absolute atomic E-state index is 0.0105. The molecule has 1 aromatic carbocycles. The van der Waals surface area contributed by atoms with Gasteiger partial charge in [-0.1, -0.05) is 29.3 Å². The summed E-state index contributed by atoms with van der Waals surface area (Å²) in [5.74, 6) is -1.42. The number of pyridine rings is 1. The van der Waals surface area contributed by atoms with E-state index in [1.807, 2.05) is 0 Å². The van der Waals surface area contributed by atoms with E-state index in [4.69, 9.17) is 23.2 Å². The maximum atomic E-state index is 13.5. The number of halogens is 6. The maximum Gasteiger partial charge on any atom is 0.434 e. The second kappa shape index (κ2) is 8.03. The van der Waals surface area contributed by atoms with Crippen molar-refractivity contribution in [1.82, 2.24) is 20.9 Å². The number of amides is 3. The number of urea groups is 1. The number of hydrogen-bond acceptors (Lipinski definition) is 3. The number of aromatic nitrogens is 1. The number of nitrogens with zero attached hydrogens (tertiary/aromatic N) is 1. The highest BCUT2D eigenvalue weighted by Crippen LogP contribution is 2.35. The van der Waals surface area contributed by atoms with E-state index in [1.165, 1.54) is 12.1 Å². The van der Waals surface area contributed by atoms with Gasteiger partial charge in [0.05, 0.1) is 21.8 Å². The van der Waals surface area contributed by atoms with E-state index in [1.54, 1.807) is 0 Å². The molecule has 1 fully saturated rings. The third kappa shape index (κ3) is 4.70. The average molecular weight is 451 g/mol. The van der Waals surface area contributed by atoms with Crippen LogP contribution >= 0.6 is 23.2 Å². The van der Waals surface area contributed by atoms with Gasteiger partial charge in [-0.3, -0.25) is 4.79 Å². The van der Waals surface area contributed by atoms with Gasteiger partial charge < -0.3 is 16.0 Å². The van der Waals surface area contributed by atoms with Crippen molar-refractivity contribution in [2.45, 2.75) is 18.3 Å². The molecular formula is C17H12Cl2F4N4O2. The van der Waals surface area contributed by atoms with E-state index in [-0.39, 0.29) is 22.8 Å². The van der Waals surface area contributed by atoms with Gasteiger partial charge in [0.15, 0.2) is 5.69 Å². The molecule has 2 unspecified atom stereocenters. The summed E-state index contributed by atoms with van der Waals surface area (Å²) in [5, 5.41) is 6.36. The van der Waals surface area contributed by atoms with Crippen LogP contribution in [0.1, 0.15) is 23.0 Å². The molecule has 12 heteroatoms. The van der Waals surface area contributed by atoms with Gasteiger partial charge in [0.1, 0.15) is 11.9 Å². The van der Waals surface area contributed by atoms with Gasteiger partial charge >= 0.3 is 12.2 Å². The van der Waals surface area contributed by atoms with Crippen LogP contribution in [-0.2, 0) is 11.0 Å². The van der Waals surface area contributed by atoms with Gasteiger partial charge in [-0.2, -0.15) is 13.2 Å². The van der Waals surface area contributed by atoms with Crippen molar-refractivity contribution in [2.24, 2.45) is 0 Å². The number of nitrogens with one attached hydrogen (secondary N) is 3. The van der Waals surface area contributed by atoms with Crippen LogP contribution in [0, 0.1) is 5.82 Å². The van der Waals surface area contributed by atoms with Crippen molar-refractivity contribution in [3.8, 4) is 0 Å².